The van der Waals surface area contributed by atoms with Gasteiger partial charge in [-0.15, -0.1) is 0 Å². The van der Waals surface area contributed by atoms with Gasteiger partial charge in [-0.3, -0.25) is 14.4 Å². The lowest BCUT2D eigenvalue weighted by Crippen LogP contribution is -2.56. The largest absolute Gasteiger partial charge is 0.383 e. The van der Waals surface area contributed by atoms with Crippen molar-refractivity contribution >= 4 is 17.7 Å². The lowest BCUT2D eigenvalue weighted by molar-refractivity contribution is -0.157. The molecule has 1 aromatic rings. The number of benzene rings is 1. The summed E-state index contributed by atoms with van der Waals surface area (Å²) >= 11 is 0. The van der Waals surface area contributed by atoms with E-state index in [1.807, 2.05) is 31.2 Å². The van der Waals surface area contributed by atoms with Crippen molar-refractivity contribution in [3.8, 4) is 0 Å². The van der Waals surface area contributed by atoms with E-state index in [0.717, 1.165) is 11.1 Å². The highest BCUT2D eigenvalue weighted by molar-refractivity contribution is 6.35. The Kier molecular flexibility index (Phi) is 6.31. The average molecular weight is 333 g/mol. The van der Waals surface area contributed by atoms with Gasteiger partial charge in [-0.05, 0) is 12.5 Å². The highest BCUT2D eigenvalue weighted by atomic mass is 16.5. The zero-order chi connectivity index (χ0) is 17.5. The van der Waals surface area contributed by atoms with E-state index in [-0.39, 0.29) is 12.5 Å². The number of methoxy groups -OCH3 is 1. The molecule has 1 aromatic carbocycles. The third-order valence-corrected chi connectivity index (χ3v) is 3.82. The number of nitrogens with one attached hydrogen (secondary N) is 1. The van der Waals surface area contributed by atoms with Gasteiger partial charge in [0, 0.05) is 33.3 Å². The predicted octanol–water partition coefficient (Wildman–Crippen LogP) is -0.0716. The van der Waals surface area contributed by atoms with E-state index >= 15 is 0 Å². The minimum Gasteiger partial charge on any atom is -0.383 e. The molecule has 7 heteroatoms. The number of hydrogen-bond donors (Lipinski definition) is 1. The van der Waals surface area contributed by atoms with Crippen molar-refractivity contribution in [2.75, 3.05) is 39.9 Å². The van der Waals surface area contributed by atoms with E-state index in [0.29, 0.717) is 32.8 Å². The zero-order valence-corrected chi connectivity index (χ0v) is 14.1. The maximum atomic E-state index is 12.2. The van der Waals surface area contributed by atoms with Crippen LogP contribution in [0.15, 0.2) is 24.3 Å². The van der Waals surface area contributed by atoms with E-state index in [1.54, 1.807) is 7.11 Å². The van der Waals surface area contributed by atoms with Crippen LogP contribution < -0.4 is 5.32 Å². The predicted molar refractivity (Wildman–Crippen MR) is 88.1 cm³/mol. The van der Waals surface area contributed by atoms with E-state index in [9.17, 15) is 14.4 Å². The first kappa shape index (κ1) is 17.9. The van der Waals surface area contributed by atoms with Crippen LogP contribution in [0.2, 0.25) is 0 Å². The summed E-state index contributed by atoms with van der Waals surface area (Å²) in [5, 5.41) is 2.64. The van der Waals surface area contributed by atoms with E-state index in [1.165, 1.54) is 9.80 Å². The molecule has 0 bridgehead atoms. The van der Waals surface area contributed by atoms with Gasteiger partial charge in [-0.2, -0.15) is 0 Å². The van der Waals surface area contributed by atoms with E-state index in [4.69, 9.17) is 4.74 Å². The number of nitrogens with zero attached hydrogens (tertiary/aromatic N) is 2. The molecular formula is C17H23N3O4. The number of amides is 3. The Labute approximate surface area is 141 Å². The molecule has 7 nitrogen and oxygen atoms in total. The lowest BCUT2D eigenvalue weighted by Gasteiger charge is -2.33. The number of rotatable bonds is 7. The zero-order valence-electron chi connectivity index (χ0n) is 14.1. The van der Waals surface area contributed by atoms with Gasteiger partial charge in [0.1, 0.15) is 6.54 Å². The molecule has 1 N–H and O–H groups in total. The molecule has 1 fully saturated rings. The van der Waals surface area contributed by atoms with Gasteiger partial charge in [0.2, 0.25) is 5.91 Å². The maximum absolute atomic E-state index is 12.2. The molecule has 24 heavy (non-hydrogen) atoms. The Bertz CT molecular complexity index is 618. The standard InChI is InChI=1S/C17H23N3O4/c1-13-4-3-5-14(10-13)11-19-7-8-20(17(23)16(19)22)12-15(21)18-6-9-24-2/h3-5,10H,6-9,11-12H2,1-2H3,(H,18,21). The quantitative estimate of drug-likeness (QED) is 0.560. The molecule has 2 rings (SSSR count). The molecule has 1 aliphatic heterocycles. The Morgan fingerprint density at radius 2 is 1.92 bits per heavy atom. The Balaban J connectivity index is 1.88. The fourth-order valence-corrected chi connectivity index (χ4v) is 2.57. The van der Waals surface area contributed by atoms with Crippen molar-refractivity contribution in [2.45, 2.75) is 13.5 Å². The average Bonchev–Trinajstić information content (AvgIpc) is 2.55. The van der Waals surface area contributed by atoms with Crippen LogP contribution in [0.3, 0.4) is 0 Å². The summed E-state index contributed by atoms with van der Waals surface area (Å²) in [5.74, 6) is -1.48. The van der Waals surface area contributed by atoms with Gasteiger partial charge in [0.25, 0.3) is 0 Å². The van der Waals surface area contributed by atoms with Crippen molar-refractivity contribution in [3.05, 3.63) is 35.4 Å². The summed E-state index contributed by atoms with van der Waals surface area (Å²) in [6.45, 7) is 3.84. The minimum atomic E-state index is -0.629. The fraction of sp³-hybridized carbons (Fsp3) is 0.471. The number of aryl methyl sites for hydroxylation is 1. The van der Waals surface area contributed by atoms with Gasteiger partial charge in [-0.25, -0.2) is 0 Å². The molecule has 1 aliphatic rings. The summed E-state index contributed by atoms with van der Waals surface area (Å²) in [7, 11) is 1.54. The summed E-state index contributed by atoms with van der Waals surface area (Å²) in [4.78, 5) is 39.0. The molecule has 0 unspecified atom stereocenters. The Morgan fingerprint density at radius 1 is 1.21 bits per heavy atom. The van der Waals surface area contributed by atoms with Gasteiger partial charge in [0.15, 0.2) is 0 Å². The second-order valence-electron chi connectivity index (χ2n) is 5.79. The third kappa shape index (κ3) is 4.79. The van der Waals surface area contributed by atoms with Crippen molar-refractivity contribution < 1.29 is 19.1 Å². The normalized spacial score (nSPS) is 14.9. The number of piperazine rings is 1. The molecule has 0 saturated carbocycles. The van der Waals surface area contributed by atoms with Gasteiger partial charge in [-0.1, -0.05) is 29.8 Å². The summed E-state index contributed by atoms with van der Waals surface area (Å²) in [6, 6.07) is 7.84. The van der Waals surface area contributed by atoms with Crippen molar-refractivity contribution in [2.24, 2.45) is 0 Å². The van der Waals surface area contributed by atoms with Crippen LogP contribution in [0.1, 0.15) is 11.1 Å². The second-order valence-corrected chi connectivity index (χ2v) is 5.79. The van der Waals surface area contributed by atoms with Crippen LogP contribution in [-0.4, -0.2) is 67.4 Å². The number of carbonyl (C=O) groups excluding carboxylic acids is 3. The van der Waals surface area contributed by atoms with Crippen molar-refractivity contribution in [1.29, 1.82) is 0 Å². The fourth-order valence-electron chi connectivity index (χ4n) is 2.57. The Morgan fingerprint density at radius 3 is 2.62 bits per heavy atom. The van der Waals surface area contributed by atoms with Crippen LogP contribution in [0.4, 0.5) is 0 Å². The summed E-state index contributed by atoms with van der Waals surface area (Å²) < 4.78 is 4.84. The molecule has 1 saturated heterocycles. The molecule has 0 atom stereocenters. The minimum absolute atomic E-state index is 0.105. The van der Waals surface area contributed by atoms with Crippen LogP contribution >= 0.6 is 0 Å². The van der Waals surface area contributed by atoms with Gasteiger partial charge < -0.3 is 19.9 Å². The summed E-state index contributed by atoms with van der Waals surface area (Å²) in [5.41, 5.74) is 2.10. The SMILES string of the molecule is COCCNC(=O)CN1CCN(Cc2cccc(C)c2)C(=O)C1=O. The smallest absolute Gasteiger partial charge is 0.312 e. The van der Waals surface area contributed by atoms with Gasteiger partial charge >= 0.3 is 11.8 Å². The third-order valence-electron chi connectivity index (χ3n) is 3.82. The number of hydrogen-bond acceptors (Lipinski definition) is 4. The van der Waals surface area contributed by atoms with Crippen LogP contribution in [0.5, 0.6) is 0 Å². The first-order chi connectivity index (χ1) is 11.5. The topological polar surface area (TPSA) is 79.0 Å². The van der Waals surface area contributed by atoms with Crippen LogP contribution in [0.25, 0.3) is 0 Å². The molecular weight excluding hydrogens is 310 g/mol. The molecule has 0 aromatic heterocycles. The Hall–Kier alpha value is -2.41. The van der Waals surface area contributed by atoms with Crippen LogP contribution in [-0.2, 0) is 25.7 Å². The molecule has 0 spiro atoms. The molecule has 0 aliphatic carbocycles. The van der Waals surface area contributed by atoms with Gasteiger partial charge in [0.05, 0.1) is 6.61 Å². The number of carbonyl (C=O) groups is 3. The second kappa shape index (κ2) is 8.44. The number of ether oxygens (including phenoxy) is 1. The molecule has 0 radical (unpaired) electrons. The highest BCUT2D eigenvalue weighted by Gasteiger charge is 2.33. The molecule has 130 valence electrons. The van der Waals surface area contributed by atoms with Crippen molar-refractivity contribution in [3.63, 3.8) is 0 Å². The lowest BCUT2D eigenvalue weighted by atomic mass is 10.1. The molecule has 3 amide bonds. The van der Waals surface area contributed by atoms with E-state index in [2.05, 4.69) is 5.32 Å². The van der Waals surface area contributed by atoms with Crippen molar-refractivity contribution in [1.82, 2.24) is 15.1 Å². The first-order valence-electron chi connectivity index (χ1n) is 7.90. The first-order valence-corrected chi connectivity index (χ1v) is 7.90. The monoisotopic (exact) mass is 333 g/mol. The summed E-state index contributed by atoms with van der Waals surface area (Å²) in [6.07, 6.45) is 0. The maximum Gasteiger partial charge on any atom is 0.312 e. The van der Waals surface area contributed by atoms with Crippen LogP contribution in [0, 0.1) is 6.92 Å². The van der Waals surface area contributed by atoms with E-state index < -0.39 is 11.8 Å². The molecule has 1 heterocycles. The highest BCUT2D eigenvalue weighted by Crippen LogP contribution is 2.12.